The Balaban J connectivity index is 1.83. The minimum Gasteiger partial charge on any atom is -0.381 e. The largest absolute Gasteiger partial charge is 0.381 e. The lowest BCUT2D eigenvalue weighted by Crippen LogP contribution is -2.43. The highest BCUT2D eigenvalue weighted by molar-refractivity contribution is 5.27. The first-order valence-corrected chi connectivity index (χ1v) is 8.15. The molecule has 3 heteroatoms. The number of nitrogens with zero attached hydrogens (tertiary/aromatic N) is 1. The Morgan fingerprint density at radius 1 is 1.45 bits per heavy atom. The van der Waals surface area contributed by atoms with Gasteiger partial charge < -0.3 is 10.1 Å². The van der Waals surface area contributed by atoms with Crippen LogP contribution in [-0.2, 0) is 11.2 Å². The molecule has 0 radical (unpaired) electrons. The fraction of sp³-hybridized carbons (Fsp3) is 0.706. The maximum absolute atomic E-state index is 5.64. The third-order valence-corrected chi connectivity index (χ3v) is 4.77. The molecular formula is C17H26N2O. The third-order valence-electron chi connectivity index (χ3n) is 4.77. The van der Waals surface area contributed by atoms with E-state index in [1.807, 2.05) is 6.20 Å². The van der Waals surface area contributed by atoms with Crippen molar-refractivity contribution in [2.75, 3.05) is 19.8 Å². The molecule has 1 N–H and O–H groups in total. The number of aromatic nitrogens is 1. The van der Waals surface area contributed by atoms with E-state index in [2.05, 4.69) is 24.4 Å². The number of hydrogen-bond acceptors (Lipinski definition) is 3. The predicted octanol–water partition coefficient (Wildman–Crippen LogP) is 2.91. The summed E-state index contributed by atoms with van der Waals surface area (Å²) in [6, 6.07) is 4.87. The fourth-order valence-corrected chi connectivity index (χ4v) is 3.78. The first-order valence-electron chi connectivity index (χ1n) is 8.15. The Labute approximate surface area is 122 Å². The lowest BCUT2D eigenvalue weighted by Gasteiger charge is -2.35. The Hall–Kier alpha value is -0.930. The Bertz CT molecular complexity index is 429. The van der Waals surface area contributed by atoms with E-state index in [4.69, 9.17) is 9.72 Å². The van der Waals surface area contributed by atoms with E-state index in [1.54, 1.807) is 0 Å². The minimum atomic E-state index is 0.534. The van der Waals surface area contributed by atoms with Crippen LogP contribution >= 0.6 is 0 Å². The molecule has 2 aliphatic rings. The van der Waals surface area contributed by atoms with Gasteiger partial charge in [0, 0.05) is 36.4 Å². The van der Waals surface area contributed by atoms with Gasteiger partial charge >= 0.3 is 0 Å². The second kappa shape index (κ2) is 6.68. The molecule has 1 saturated heterocycles. The smallest absolute Gasteiger partial charge is 0.0510 e. The number of aryl methyl sites for hydroxylation is 1. The summed E-state index contributed by atoms with van der Waals surface area (Å²) in [7, 11) is 0. The molecule has 3 nitrogen and oxygen atoms in total. The highest BCUT2D eigenvalue weighted by Gasteiger charge is 2.35. The quantitative estimate of drug-likeness (QED) is 0.896. The second-order valence-corrected chi connectivity index (χ2v) is 6.15. The van der Waals surface area contributed by atoms with Crippen molar-refractivity contribution in [1.29, 1.82) is 0 Å². The minimum absolute atomic E-state index is 0.534. The molecule has 1 aromatic heterocycles. The highest BCUT2D eigenvalue weighted by atomic mass is 16.5. The van der Waals surface area contributed by atoms with Crippen LogP contribution in [0.1, 0.15) is 49.8 Å². The lowest BCUT2D eigenvalue weighted by molar-refractivity contribution is 0.169. The lowest BCUT2D eigenvalue weighted by atomic mass is 9.77. The summed E-state index contributed by atoms with van der Waals surface area (Å²) in [4.78, 5) is 4.72. The van der Waals surface area contributed by atoms with Crippen LogP contribution in [-0.4, -0.2) is 30.8 Å². The summed E-state index contributed by atoms with van der Waals surface area (Å²) in [5, 5.41) is 3.80. The van der Waals surface area contributed by atoms with E-state index in [9.17, 15) is 0 Å². The van der Waals surface area contributed by atoms with Crippen LogP contribution in [0.5, 0.6) is 0 Å². The van der Waals surface area contributed by atoms with Crippen molar-refractivity contribution < 1.29 is 4.74 Å². The van der Waals surface area contributed by atoms with Crippen molar-refractivity contribution in [3.8, 4) is 0 Å². The SMILES string of the molecule is CCCNC(C1CCOC1)C1CCCc2cccnc21. The topological polar surface area (TPSA) is 34.1 Å². The summed E-state index contributed by atoms with van der Waals surface area (Å²) >= 11 is 0. The van der Waals surface area contributed by atoms with Crippen LogP contribution in [0.25, 0.3) is 0 Å². The van der Waals surface area contributed by atoms with E-state index >= 15 is 0 Å². The van der Waals surface area contributed by atoms with Crippen molar-refractivity contribution in [3.05, 3.63) is 29.6 Å². The van der Waals surface area contributed by atoms with Gasteiger partial charge in [-0.1, -0.05) is 13.0 Å². The van der Waals surface area contributed by atoms with E-state index in [-0.39, 0.29) is 0 Å². The Morgan fingerprint density at radius 3 is 3.20 bits per heavy atom. The van der Waals surface area contributed by atoms with E-state index in [0.717, 1.165) is 19.8 Å². The molecule has 1 fully saturated rings. The summed E-state index contributed by atoms with van der Waals surface area (Å²) in [5.74, 6) is 1.22. The van der Waals surface area contributed by atoms with Crippen LogP contribution in [0.2, 0.25) is 0 Å². The van der Waals surface area contributed by atoms with Crippen molar-refractivity contribution in [2.45, 2.75) is 51.0 Å². The van der Waals surface area contributed by atoms with Crippen LogP contribution in [0, 0.1) is 5.92 Å². The maximum Gasteiger partial charge on any atom is 0.0510 e. The summed E-state index contributed by atoms with van der Waals surface area (Å²) in [6.45, 7) is 5.18. The van der Waals surface area contributed by atoms with E-state index < -0.39 is 0 Å². The first kappa shape index (κ1) is 14.0. The number of ether oxygens (including phenoxy) is 1. The molecule has 0 spiro atoms. The van der Waals surface area contributed by atoms with E-state index in [0.29, 0.717) is 17.9 Å². The van der Waals surface area contributed by atoms with Gasteiger partial charge in [-0.3, -0.25) is 4.98 Å². The molecule has 1 aliphatic heterocycles. The summed E-state index contributed by atoms with van der Waals surface area (Å²) in [5.41, 5.74) is 2.81. The molecule has 1 aliphatic carbocycles. The molecule has 0 bridgehead atoms. The fourth-order valence-electron chi connectivity index (χ4n) is 3.78. The standard InChI is InChI=1S/C17H26N2O/c1-2-9-18-17(14-8-11-20-12-14)15-7-3-5-13-6-4-10-19-16(13)15/h4,6,10,14-15,17-18H,2-3,5,7-9,11-12H2,1H3. The average Bonchev–Trinajstić information content (AvgIpc) is 3.02. The van der Waals surface area contributed by atoms with Crippen LogP contribution < -0.4 is 5.32 Å². The molecule has 3 rings (SSSR count). The third kappa shape index (κ3) is 2.89. The highest BCUT2D eigenvalue weighted by Crippen LogP contribution is 2.36. The van der Waals surface area contributed by atoms with Crippen LogP contribution in [0.15, 0.2) is 18.3 Å². The Kier molecular flexibility index (Phi) is 4.69. The average molecular weight is 274 g/mol. The second-order valence-electron chi connectivity index (χ2n) is 6.15. The first-order chi connectivity index (χ1) is 9.90. The molecule has 20 heavy (non-hydrogen) atoms. The molecule has 3 atom stereocenters. The van der Waals surface area contributed by atoms with Crippen LogP contribution in [0.3, 0.4) is 0 Å². The molecule has 2 heterocycles. The monoisotopic (exact) mass is 274 g/mol. The van der Waals surface area contributed by atoms with Crippen molar-refractivity contribution in [3.63, 3.8) is 0 Å². The van der Waals surface area contributed by atoms with Gasteiger partial charge in [0.2, 0.25) is 0 Å². The molecule has 0 saturated carbocycles. The molecule has 1 aromatic rings. The molecular weight excluding hydrogens is 248 g/mol. The van der Waals surface area contributed by atoms with Crippen molar-refractivity contribution in [2.24, 2.45) is 5.92 Å². The molecule has 0 amide bonds. The summed E-state index contributed by atoms with van der Waals surface area (Å²) in [6.07, 6.45) is 8.09. The Morgan fingerprint density at radius 2 is 2.40 bits per heavy atom. The van der Waals surface area contributed by atoms with Gasteiger partial charge in [0.25, 0.3) is 0 Å². The maximum atomic E-state index is 5.64. The van der Waals surface area contributed by atoms with Gasteiger partial charge in [-0.2, -0.15) is 0 Å². The van der Waals surface area contributed by atoms with Crippen molar-refractivity contribution >= 4 is 0 Å². The van der Waals surface area contributed by atoms with Gasteiger partial charge in [0.15, 0.2) is 0 Å². The zero-order valence-corrected chi connectivity index (χ0v) is 12.5. The predicted molar refractivity (Wildman–Crippen MR) is 80.9 cm³/mol. The zero-order valence-electron chi connectivity index (χ0n) is 12.5. The van der Waals surface area contributed by atoms with Gasteiger partial charge in [-0.05, 0) is 50.3 Å². The van der Waals surface area contributed by atoms with E-state index in [1.165, 1.54) is 43.4 Å². The molecule has 0 aromatic carbocycles. The summed E-state index contributed by atoms with van der Waals surface area (Å²) < 4.78 is 5.64. The van der Waals surface area contributed by atoms with Crippen LogP contribution in [0.4, 0.5) is 0 Å². The number of fused-ring (bicyclic) bond motifs is 1. The number of hydrogen-bond donors (Lipinski definition) is 1. The van der Waals surface area contributed by atoms with Gasteiger partial charge in [-0.15, -0.1) is 0 Å². The number of rotatable bonds is 5. The normalized spacial score (nSPS) is 27.2. The van der Waals surface area contributed by atoms with Gasteiger partial charge in [-0.25, -0.2) is 0 Å². The van der Waals surface area contributed by atoms with Crippen molar-refractivity contribution in [1.82, 2.24) is 10.3 Å². The number of pyridine rings is 1. The zero-order chi connectivity index (χ0) is 13.8. The van der Waals surface area contributed by atoms with Gasteiger partial charge in [0.1, 0.15) is 0 Å². The van der Waals surface area contributed by atoms with Gasteiger partial charge in [0.05, 0.1) is 6.61 Å². The molecule has 3 unspecified atom stereocenters. The number of nitrogens with one attached hydrogen (secondary N) is 1. The molecule has 110 valence electrons.